The van der Waals surface area contributed by atoms with E-state index in [1.54, 1.807) is 6.92 Å². The molecule has 110 valence electrons. The molecule has 0 aromatic rings. The molecule has 5 heteroatoms. The van der Waals surface area contributed by atoms with Gasteiger partial charge >= 0.3 is 0 Å². The SMILES string of the molecule is C[C@@H]1CC(=CCC2CC(=O)NC(=O)C2)C(=O)[C@@H](C)[C@@H]1O. The Balaban J connectivity index is 2.02. The van der Waals surface area contributed by atoms with Crippen molar-refractivity contribution in [2.24, 2.45) is 17.8 Å². The highest BCUT2D eigenvalue weighted by atomic mass is 16.3. The summed E-state index contributed by atoms with van der Waals surface area (Å²) in [5.74, 6) is -0.823. The molecule has 3 atom stereocenters. The van der Waals surface area contributed by atoms with Crippen LogP contribution in [0.15, 0.2) is 11.6 Å². The highest BCUT2D eigenvalue weighted by Crippen LogP contribution is 2.31. The van der Waals surface area contributed by atoms with Crippen molar-refractivity contribution >= 4 is 17.6 Å². The van der Waals surface area contributed by atoms with Gasteiger partial charge in [-0.2, -0.15) is 0 Å². The van der Waals surface area contributed by atoms with Crippen LogP contribution < -0.4 is 5.32 Å². The standard InChI is InChI=1S/C15H21NO4/c1-8-5-11(15(20)9(2)14(8)19)4-3-10-6-12(17)16-13(18)7-10/h4,8-10,14,19H,3,5-7H2,1-2H3,(H,16,17,18)/t8-,9+,14-/m1/s1. The topological polar surface area (TPSA) is 83.5 Å². The molecule has 20 heavy (non-hydrogen) atoms. The van der Waals surface area contributed by atoms with Crippen LogP contribution in [0.25, 0.3) is 0 Å². The number of allylic oxidation sites excluding steroid dienone is 2. The molecule has 1 aliphatic heterocycles. The third-order valence-electron chi connectivity index (χ3n) is 4.29. The number of piperidine rings is 1. The van der Waals surface area contributed by atoms with Gasteiger partial charge in [0, 0.05) is 18.8 Å². The van der Waals surface area contributed by atoms with Gasteiger partial charge in [-0.05, 0) is 30.3 Å². The lowest BCUT2D eigenvalue weighted by molar-refractivity contribution is -0.134. The van der Waals surface area contributed by atoms with Crippen molar-refractivity contribution in [1.29, 1.82) is 0 Å². The number of nitrogens with one attached hydrogen (secondary N) is 1. The smallest absolute Gasteiger partial charge is 0.226 e. The molecule has 0 unspecified atom stereocenters. The lowest BCUT2D eigenvalue weighted by Crippen LogP contribution is -2.39. The quantitative estimate of drug-likeness (QED) is 0.582. The Morgan fingerprint density at radius 3 is 2.35 bits per heavy atom. The first-order chi connectivity index (χ1) is 9.38. The molecule has 0 spiro atoms. The highest BCUT2D eigenvalue weighted by molar-refractivity contribution is 5.99. The van der Waals surface area contributed by atoms with E-state index >= 15 is 0 Å². The molecule has 1 heterocycles. The van der Waals surface area contributed by atoms with Crippen LogP contribution in [0.4, 0.5) is 0 Å². The van der Waals surface area contributed by atoms with Crippen LogP contribution in [0.2, 0.25) is 0 Å². The zero-order chi connectivity index (χ0) is 14.9. The van der Waals surface area contributed by atoms with Crippen molar-refractivity contribution in [1.82, 2.24) is 5.32 Å². The van der Waals surface area contributed by atoms with Crippen LogP contribution >= 0.6 is 0 Å². The van der Waals surface area contributed by atoms with Crippen molar-refractivity contribution < 1.29 is 19.5 Å². The Bertz CT molecular complexity index is 452. The predicted octanol–water partition coefficient (Wildman–Crippen LogP) is 0.962. The summed E-state index contributed by atoms with van der Waals surface area (Å²) in [6.45, 7) is 3.67. The predicted molar refractivity (Wildman–Crippen MR) is 72.5 cm³/mol. The zero-order valence-corrected chi connectivity index (χ0v) is 11.9. The second-order valence-corrected chi connectivity index (χ2v) is 6.04. The third-order valence-corrected chi connectivity index (χ3v) is 4.29. The molecular formula is C15H21NO4. The van der Waals surface area contributed by atoms with Crippen LogP contribution in [0.1, 0.15) is 39.5 Å². The molecule has 2 rings (SSSR count). The first-order valence-electron chi connectivity index (χ1n) is 7.12. The summed E-state index contributed by atoms with van der Waals surface area (Å²) in [6.07, 6.45) is 3.07. The average molecular weight is 279 g/mol. The van der Waals surface area contributed by atoms with Crippen LogP contribution in [-0.4, -0.2) is 28.8 Å². The zero-order valence-electron chi connectivity index (χ0n) is 11.9. The molecule has 0 aromatic heterocycles. The van der Waals surface area contributed by atoms with Gasteiger partial charge < -0.3 is 5.11 Å². The molecule has 1 saturated heterocycles. The average Bonchev–Trinajstić information content (AvgIpc) is 2.38. The van der Waals surface area contributed by atoms with Crippen LogP contribution in [0.3, 0.4) is 0 Å². The number of carbonyl (C=O) groups excluding carboxylic acids is 3. The van der Waals surface area contributed by atoms with E-state index in [1.807, 2.05) is 13.0 Å². The molecule has 0 bridgehead atoms. The Labute approximate surface area is 118 Å². The Hall–Kier alpha value is -1.49. The monoisotopic (exact) mass is 279 g/mol. The number of carbonyl (C=O) groups is 3. The van der Waals surface area contributed by atoms with Crippen LogP contribution in [-0.2, 0) is 14.4 Å². The van der Waals surface area contributed by atoms with Crippen molar-refractivity contribution in [3.05, 3.63) is 11.6 Å². The normalized spacial score (nSPS) is 34.5. The fraction of sp³-hybridized carbons (Fsp3) is 0.667. The maximum atomic E-state index is 12.1. The van der Waals surface area contributed by atoms with E-state index in [2.05, 4.69) is 5.32 Å². The van der Waals surface area contributed by atoms with E-state index in [0.717, 1.165) is 5.57 Å². The minimum Gasteiger partial charge on any atom is -0.392 e. The Morgan fingerprint density at radius 1 is 1.15 bits per heavy atom. The summed E-state index contributed by atoms with van der Waals surface area (Å²) in [7, 11) is 0. The summed E-state index contributed by atoms with van der Waals surface area (Å²) in [5.41, 5.74) is 0.730. The summed E-state index contributed by atoms with van der Waals surface area (Å²) in [5, 5.41) is 12.2. The molecule has 1 aliphatic carbocycles. The summed E-state index contributed by atoms with van der Waals surface area (Å²) in [4.78, 5) is 34.7. The van der Waals surface area contributed by atoms with Crippen LogP contribution in [0, 0.1) is 17.8 Å². The van der Waals surface area contributed by atoms with Gasteiger partial charge in [-0.3, -0.25) is 19.7 Å². The van der Waals surface area contributed by atoms with Gasteiger partial charge in [0.1, 0.15) is 0 Å². The van der Waals surface area contributed by atoms with Gasteiger partial charge in [0.15, 0.2) is 5.78 Å². The minimum atomic E-state index is -0.582. The van der Waals surface area contributed by atoms with Crippen molar-refractivity contribution in [2.45, 2.75) is 45.6 Å². The van der Waals surface area contributed by atoms with E-state index in [4.69, 9.17) is 0 Å². The molecule has 0 aromatic carbocycles. The maximum absolute atomic E-state index is 12.1. The van der Waals surface area contributed by atoms with E-state index in [-0.39, 0.29) is 35.4 Å². The van der Waals surface area contributed by atoms with Gasteiger partial charge in [-0.1, -0.05) is 19.9 Å². The Kier molecular flexibility index (Phi) is 4.38. The number of imide groups is 1. The fourth-order valence-corrected chi connectivity index (χ4v) is 3.02. The van der Waals surface area contributed by atoms with E-state index in [9.17, 15) is 19.5 Å². The summed E-state index contributed by atoms with van der Waals surface area (Å²) in [6, 6.07) is 0. The van der Waals surface area contributed by atoms with Crippen LogP contribution in [0.5, 0.6) is 0 Å². The fourth-order valence-electron chi connectivity index (χ4n) is 3.02. The van der Waals surface area contributed by atoms with Gasteiger partial charge in [0.05, 0.1) is 6.10 Å². The molecule has 5 nitrogen and oxygen atoms in total. The minimum absolute atomic E-state index is 0.0119. The van der Waals surface area contributed by atoms with E-state index in [1.165, 1.54) is 0 Å². The van der Waals surface area contributed by atoms with Crippen molar-refractivity contribution in [2.75, 3.05) is 0 Å². The van der Waals surface area contributed by atoms with Gasteiger partial charge in [0.2, 0.25) is 11.8 Å². The molecule has 2 fully saturated rings. The number of aliphatic hydroxyl groups is 1. The van der Waals surface area contributed by atoms with Gasteiger partial charge in [-0.15, -0.1) is 0 Å². The van der Waals surface area contributed by atoms with Gasteiger partial charge in [0.25, 0.3) is 0 Å². The van der Waals surface area contributed by atoms with Crippen molar-refractivity contribution in [3.8, 4) is 0 Å². The highest BCUT2D eigenvalue weighted by Gasteiger charge is 2.35. The molecule has 0 radical (unpaired) electrons. The summed E-state index contributed by atoms with van der Waals surface area (Å²) < 4.78 is 0. The number of hydrogen-bond donors (Lipinski definition) is 2. The summed E-state index contributed by atoms with van der Waals surface area (Å²) >= 11 is 0. The van der Waals surface area contributed by atoms with Gasteiger partial charge in [-0.25, -0.2) is 0 Å². The maximum Gasteiger partial charge on any atom is 0.226 e. The number of amides is 2. The Morgan fingerprint density at radius 2 is 1.75 bits per heavy atom. The number of Topliss-reactive ketones (excluding diaryl/α,β-unsaturated/α-hetero) is 1. The second-order valence-electron chi connectivity index (χ2n) is 6.04. The molecule has 1 saturated carbocycles. The van der Waals surface area contributed by atoms with E-state index in [0.29, 0.717) is 25.7 Å². The van der Waals surface area contributed by atoms with Crippen molar-refractivity contribution in [3.63, 3.8) is 0 Å². The molecular weight excluding hydrogens is 258 g/mol. The number of hydrogen-bond acceptors (Lipinski definition) is 4. The second kappa shape index (κ2) is 5.87. The first-order valence-corrected chi connectivity index (χ1v) is 7.12. The lowest BCUT2D eigenvalue weighted by Gasteiger charge is -2.31. The molecule has 2 amide bonds. The number of rotatable bonds is 2. The largest absolute Gasteiger partial charge is 0.392 e. The lowest BCUT2D eigenvalue weighted by atomic mass is 9.76. The molecule has 2 N–H and O–H groups in total. The molecule has 2 aliphatic rings. The first kappa shape index (κ1) is 14.9. The third kappa shape index (κ3) is 3.15. The number of aliphatic hydroxyl groups excluding tert-OH is 1. The number of ketones is 1. The van der Waals surface area contributed by atoms with E-state index < -0.39 is 6.10 Å².